The van der Waals surface area contributed by atoms with E-state index < -0.39 is 0 Å². The highest BCUT2D eigenvalue weighted by Crippen LogP contribution is 2.23. The zero-order valence-corrected chi connectivity index (χ0v) is 17.5. The molecular formula is C23H27ClN2O3. The fraction of sp³-hybridized carbons (Fsp3) is 0.391. The number of carbonyl (C=O) groups is 2. The van der Waals surface area contributed by atoms with Crippen LogP contribution in [0, 0.1) is 0 Å². The third-order valence-corrected chi connectivity index (χ3v) is 5.26. The summed E-state index contributed by atoms with van der Waals surface area (Å²) in [4.78, 5) is 28.7. The Morgan fingerprint density at radius 3 is 2.24 bits per heavy atom. The van der Waals surface area contributed by atoms with Gasteiger partial charge in [-0.25, -0.2) is 0 Å². The number of carbonyl (C=O) groups excluding carboxylic acids is 2. The van der Waals surface area contributed by atoms with Crippen molar-refractivity contribution >= 4 is 23.4 Å². The van der Waals surface area contributed by atoms with Crippen LogP contribution >= 0.6 is 11.6 Å². The summed E-state index contributed by atoms with van der Waals surface area (Å²) in [5.74, 6) is 0.463. The monoisotopic (exact) mass is 414 g/mol. The molecule has 0 fully saturated rings. The van der Waals surface area contributed by atoms with Crippen molar-refractivity contribution in [3.63, 3.8) is 0 Å². The van der Waals surface area contributed by atoms with Gasteiger partial charge >= 0.3 is 0 Å². The zero-order chi connectivity index (χ0) is 20.6. The molecule has 0 unspecified atom stereocenters. The molecule has 0 bridgehead atoms. The van der Waals surface area contributed by atoms with E-state index in [2.05, 4.69) is 17.9 Å². The Morgan fingerprint density at radius 2 is 1.59 bits per heavy atom. The van der Waals surface area contributed by atoms with Crippen LogP contribution in [0.1, 0.15) is 46.0 Å². The van der Waals surface area contributed by atoms with E-state index >= 15 is 0 Å². The first kappa shape index (κ1) is 21.3. The first-order valence-electron chi connectivity index (χ1n) is 10.1. The van der Waals surface area contributed by atoms with Crippen molar-refractivity contribution in [2.75, 3.05) is 32.2 Å². The van der Waals surface area contributed by atoms with Crippen molar-refractivity contribution in [1.29, 1.82) is 0 Å². The number of hydrogen-bond donors (Lipinski definition) is 0. The topological polar surface area (TPSA) is 49.9 Å². The van der Waals surface area contributed by atoms with E-state index in [1.54, 1.807) is 24.3 Å². The summed E-state index contributed by atoms with van der Waals surface area (Å²) in [6.07, 6.45) is 2.66. The van der Waals surface area contributed by atoms with Crippen LogP contribution < -0.4 is 4.74 Å². The zero-order valence-electron chi connectivity index (χ0n) is 16.8. The van der Waals surface area contributed by atoms with Gasteiger partial charge in [0.05, 0.1) is 11.1 Å². The number of halogens is 1. The molecule has 1 heterocycles. The van der Waals surface area contributed by atoms with Gasteiger partial charge in [0.2, 0.25) is 0 Å². The van der Waals surface area contributed by atoms with Gasteiger partial charge in [-0.05, 0) is 56.1 Å². The first-order chi connectivity index (χ1) is 14.2. The molecule has 1 aliphatic heterocycles. The van der Waals surface area contributed by atoms with Gasteiger partial charge in [0.15, 0.2) is 6.07 Å². The molecule has 0 N–H and O–H groups in total. The molecule has 0 aliphatic carbocycles. The highest BCUT2D eigenvalue weighted by atomic mass is 35.5. The number of benzene rings is 2. The molecule has 2 aromatic carbocycles. The molecular weight excluding hydrogens is 388 g/mol. The summed E-state index contributed by atoms with van der Waals surface area (Å²) >= 11 is 5.72. The van der Waals surface area contributed by atoms with Crippen LogP contribution in [0.15, 0.2) is 48.5 Å². The lowest BCUT2D eigenvalue weighted by Crippen LogP contribution is -2.34. The average Bonchev–Trinajstić information content (AvgIpc) is 2.98. The van der Waals surface area contributed by atoms with E-state index in [1.165, 1.54) is 4.90 Å². The second-order valence-electron chi connectivity index (χ2n) is 7.11. The second-order valence-corrected chi connectivity index (χ2v) is 7.33. The molecule has 2 aromatic rings. The van der Waals surface area contributed by atoms with Gasteiger partial charge in [-0.15, -0.1) is 0 Å². The first-order valence-corrected chi connectivity index (χ1v) is 10.6. The van der Waals surface area contributed by atoms with Crippen molar-refractivity contribution in [2.45, 2.75) is 26.2 Å². The maximum atomic E-state index is 12.5. The smallest absolute Gasteiger partial charge is 0.261 e. The summed E-state index contributed by atoms with van der Waals surface area (Å²) in [7, 11) is 0. The fourth-order valence-electron chi connectivity index (χ4n) is 3.73. The predicted molar refractivity (Wildman–Crippen MR) is 115 cm³/mol. The molecule has 0 atom stereocenters. The molecule has 0 radical (unpaired) electrons. The molecule has 154 valence electrons. The Bertz CT molecular complexity index is 821. The Kier molecular flexibility index (Phi) is 7.67. The molecule has 6 heteroatoms. The highest BCUT2D eigenvalue weighted by molar-refractivity contribution is 6.21. The van der Waals surface area contributed by atoms with Crippen LogP contribution in [0.2, 0.25) is 0 Å². The van der Waals surface area contributed by atoms with E-state index in [9.17, 15) is 9.59 Å². The van der Waals surface area contributed by atoms with Gasteiger partial charge in [0.25, 0.3) is 11.8 Å². The van der Waals surface area contributed by atoms with E-state index in [0.29, 0.717) is 17.7 Å². The Balaban J connectivity index is 1.53. The van der Waals surface area contributed by atoms with Gasteiger partial charge < -0.3 is 9.64 Å². The third-order valence-electron chi connectivity index (χ3n) is 5.15. The second kappa shape index (κ2) is 10.4. The summed E-state index contributed by atoms with van der Waals surface area (Å²) < 4.78 is 5.50. The summed E-state index contributed by atoms with van der Waals surface area (Å²) in [5, 5.41) is 0. The van der Waals surface area contributed by atoms with Crippen LogP contribution in [-0.4, -0.2) is 53.9 Å². The summed E-state index contributed by atoms with van der Waals surface area (Å²) in [6.45, 7) is 5.29. The van der Waals surface area contributed by atoms with Gasteiger partial charge in [-0.2, -0.15) is 0 Å². The van der Waals surface area contributed by atoms with Crippen molar-refractivity contribution in [3.05, 3.63) is 65.2 Å². The Hall–Kier alpha value is -2.37. The Labute approximate surface area is 177 Å². The molecule has 0 saturated carbocycles. The predicted octanol–water partition coefficient (Wildman–Crippen LogP) is 4.20. The SMILES string of the molecule is CCCN(CCCN1C(=O)c2ccccc2C1=O)CCc1ccccc1OCCl. The van der Waals surface area contributed by atoms with E-state index in [-0.39, 0.29) is 17.9 Å². The minimum absolute atomic E-state index is 0.135. The van der Waals surface area contributed by atoms with Crippen molar-refractivity contribution in [2.24, 2.45) is 0 Å². The van der Waals surface area contributed by atoms with Gasteiger partial charge in [-0.1, -0.05) is 48.9 Å². The molecule has 5 nitrogen and oxygen atoms in total. The van der Waals surface area contributed by atoms with E-state index in [0.717, 1.165) is 50.2 Å². The number of nitrogens with zero attached hydrogens (tertiary/aromatic N) is 2. The number of hydrogen-bond acceptors (Lipinski definition) is 4. The number of para-hydroxylation sites is 1. The van der Waals surface area contributed by atoms with E-state index in [1.807, 2.05) is 18.2 Å². The quantitative estimate of drug-likeness (QED) is 0.408. The molecule has 0 aromatic heterocycles. The molecule has 3 rings (SSSR count). The number of fused-ring (bicyclic) bond motifs is 1. The lowest BCUT2D eigenvalue weighted by atomic mass is 10.1. The number of amides is 2. The van der Waals surface area contributed by atoms with Gasteiger partial charge in [-0.3, -0.25) is 14.5 Å². The summed E-state index contributed by atoms with van der Waals surface area (Å²) in [5.41, 5.74) is 2.16. The van der Waals surface area contributed by atoms with Gasteiger partial charge in [0, 0.05) is 13.1 Å². The molecule has 0 saturated heterocycles. The average molecular weight is 415 g/mol. The summed E-state index contributed by atoms with van der Waals surface area (Å²) in [6, 6.07) is 15.1. The number of ether oxygens (including phenoxy) is 1. The lowest BCUT2D eigenvalue weighted by molar-refractivity contribution is 0.0647. The number of alkyl halides is 1. The minimum atomic E-state index is -0.181. The largest absolute Gasteiger partial charge is 0.478 e. The molecule has 2 amide bonds. The molecule has 29 heavy (non-hydrogen) atoms. The van der Waals surface area contributed by atoms with Crippen molar-refractivity contribution < 1.29 is 14.3 Å². The normalized spacial score (nSPS) is 13.3. The number of imide groups is 1. The highest BCUT2D eigenvalue weighted by Gasteiger charge is 2.34. The minimum Gasteiger partial charge on any atom is -0.478 e. The molecule has 1 aliphatic rings. The van der Waals surface area contributed by atoms with Crippen LogP contribution in [0.25, 0.3) is 0 Å². The maximum Gasteiger partial charge on any atom is 0.261 e. The van der Waals surface area contributed by atoms with Gasteiger partial charge in [0.1, 0.15) is 5.75 Å². The van der Waals surface area contributed by atoms with Crippen LogP contribution in [0.4, 0.5) is 0 Å². The lowest BCUT2D eigenvalue weighted by Gasteiger charge is -2.23. The van der Waals surface area contributed by atoms with Crippen LogP contribution in [0.5, 0.6) is 5.75 Å². The van der Waals surface area contributed by atoms with Crippen LogP contribution in [0.3, 0.4) is 0 Å². The van der Waals surface area contributed by atoms with Crippen molar-refractivity contribution in [1.82, 2.24) is 9.80 Å². The fourth-order valence-corrected chi connectivity index (χ4v) is 3.85. The third kappa shape index (κ3) is 5.17. The number of rotatable bonds is 11. The van der Waals surface area contributed by atoms with Crippen LogP contribution in [-0.2, 0) is 6.42 Å². The Morgan fingerprint density at radius 1 is 0.931 bits per heavy atom. The standard InChI is InChI=1S/C23H27ClN2O3/c1-2-13-25(16-12-18-8-3-6-11-21(18)29-17-24)14-7-15-26-22(27)19-9-4-5-10-20(19)23(26)28/h3-6,8-11H,2,7,12-17H2,1H3. The maximum absolute atomic E-state index is 12.5. The van der Waals surface area contributed by atoms with E-state index in [4.69, 9.17) is 16.3 Å². The molecule has 0 spiro atoms. The van der Waals surface area contributed by atoms with Crippen molar-refractivity contribution in [3.8, 4) is 5.75 Å².